The van der Waals surface area contributed by atoms with Gasteiger partial charge in [0, 0.05) is 13.6 Å². The third-order valence-electron chi connectivity index (χ3n) is 2.86. The van der Waals surface area contributed by atoms with Gasteiger partial charge in [0.05, 0.1) is 16.8 Å². The van der Waals surface area contributed by atoms with E-state index in [0.717, 1.165) is 35.1 Å². The zero-order valence-electron chi connectivity index (χ0n) is 11.3. The summed E-state index contributed by atoms with van der Waals surface area (Å²) in [6.07, 6.45) is 2.33. The van der Waals surface area contributed by atoms with Gasteiger partial charge in [-0.25, -0.2) is 4.98 Å². The number of para-hydroxylation sites is 1. The zero-order valence-corrected chi connectivity index (χ0v) is 13.0. The molecule has 1 heterocycles. The maximum atomic E-state index is 5.36. The number of thiocarbonyl (C=S) groups is 1. The molecule has 1 N–H and O–H groups in total. The van der Waals surface area contributed by atoms with Crippen LogP contribution in [0.15, 0.2) is 24.3 Å². The van der Waals surface area contributed by atoms with Gasteiger partial charge in [-0.05, 0) is 30.8 Å². The van der Waals surface area contributed by atoms with Gasteiger partial charge in [0.2, 0.25) is 0 Å². The first kappa shape index (κ1) is 14.2. The molecular weight excluding hydrogens is 274 g/mol. The average Bonchev–Trinajstić information content (AvgIpc) is 2.80. The molecule has 2 rings (SSSR count). The Morgan fingerprint density at radius 2 is 2.21 bits per heavy atom. The molecule has 0 bridgehead atoms. The molecule has 19 heavy (non-hydrogen) atoms. The first-order valence-electron chi connectivity index (χ1n) is 6.54. The fourth-order valence-electron chi connectivity index (χ4n) is 1.77. The second kappa shape index (κ2) is 6.82. The second-order valence-corrected chi connectivity index (χ2v) is 6.02. The van der Waals surface area contributed by atoms with Gasteiger partial charge in [0.1, 0.15) is 5.01 Å². The molecule has 102 valence electrons. The summed E-state index contributed by atoms with van der Waals surface area (Å²) in [6.45, 7) is 3.88. The smallest absolute Gasteiger partial charge is 0.169 e. The highest BCUT2D eigenvalue weighted by Crippen LogP contribution is 2.22. The number of fused-ring (bicyclic) bond motifs is 1. The average molecular weight is 293 g/mol. The topological polar surface area (TPSA) is 28.2 Å². The van der Waals surface area contributed by atoms with E-state index in [4.69, 9.17) is 12.2 Å². The molecule has 1 aromatic carbocycles. The van der Waals surface area contributed by atoms with Crippen LogP contribution in [0, 0.1) is 0 Å². The van der Waals surface area contributed by atoms with Crippen LogP contribution < -0.4 is 5.32 Å². The van der Waals surface area contributed by atoms with Gasteiger partial charge in [-0.2, -0.15) is 0 Å². The number of aromatic nitrogens is 1. The fraction of sp³-hybridized carbons (Fsp3) is 0.429. The number of hydrogen-bond acceptors (Lipinski definition) is 3. The number of unbranched alkanes of at least 4 members (excludes halogenated alkanes) is 1. The number of nitrogens with zero attached hydrogens (tertiary/aromatic N) is 2. The van der Waals surface area contributed by atoms with Gasteiger partial charge in [0.15, 0.2) is 5.11 Å². The SMILES string of the molecule is CCCCNC(=S)N(C)Cc1nc2ccccc2s1. The Morgan fingerprint density at radius 3 is 2.95 bits per heavy atom. The van der Waals surface area contributed by atoms with E-state index in [1.165, 1.54) is 11.1 Å². The quantitative estimate of drug-likeness (QED) is 0.675. The van der Waals surface area contributed by atoms with Crippen molar-refractivity contribution in [3.05, 3.63) is 29.3 Å². The molecule has 0 unspecified atom stereocenters. The molecule has 2 aromatic rings. The summed E-state index contributed by atoms with van der Waals surface area (Å²) in [7, 11) is 2.01. The van der Waals surface area contributed by atoms with E-state index < -0.39 is 0 Å². The number of nitrogens with one attached hydrogen (secondary N) is 1. The summed E-state index contributed by atoms with van der Waals surface area (Å²) in [4.78, 5) is 6.67. The maximum absolute atomic E-state index is 5.36. The van der Waals surface area contributed by atoms with Gasteiger partial charge < -0.3 is 10.2 Å². The first-order valence-corrected chi connectivity index (χ1v) is 7.76. The van der Waals surface area contributed by atoms with Crippen LogP contribution in [0.2, 0.25) is 0 Å². The molecule has 0 amide bonds. The van der Waals surface area contributed by atoms with Crippen molar-refractivity contribution >= 4 is 38.9 Å². The van der Waals surface area contributed by atoms with Crippen LogP contribution in [0.25, 0.3) is 10.2 Å². The molecule has 0 aliphatic rings. The van der Waals surface area contributed by atoms with Crippen molar-refractivity contribution in [1.82, 2.24) is 15.2 Å². The van der Waals surface area contributed by atoms with Crippen LogP contribution in [0.1, 0.15) is 24.8 Å². The molecule has 0 saturated carbocycles. The number of hydrogen-bond donors (Lipinski definition) is 1. The third-order valence-corrected chi connectivity index (χ3v) is 4.34. The minimum atomic E-state index is 0.761. The molecule has 0 fully saturated rings. The molecule has 0 aliphatic carbocycles. The van der Waals surface area contributed by atoms with Gasteiger partial charge >= 0.3 is 0 Å². The van der Waals surface area contributed by atoms with E-state index in [1.807, 2.05) is 30.1 Å². The molecule has 1 aromatic heterocycles. The minimum absolute atomic E-state index is 0.761. The highest BCUT2D eigenvalue weighted by atomic mass is 32.1. The Hall–Kier alpha value is -1.20. The van der Waals surface area contributed by atoms with Gasteiger partial charge in [0.25, 0.3) is 0 Å². The molecule has 0 spiro atoms. The van der Waals surface area contributed by atoms with Crippen LogP contribution in [-0.2, 0) is 6.54 Å². The van der Waals surface area contributed by atoms with Crippen molar-refractivity contribution < 1.29 is 0 Å². The lowest BCUT2D eigenvalue weighted by Gasteiger charge is -2.19. The Bertz CT molecular complexity index is 517. The van der Waals surface area contributed by atoms with E-state index in [9.17, 15) is 0 Å². The Morgan fingerprint density at radius 1 is 1.42 bits per heavy atom. The summed E-state index contributed by atoms with van der Waals surface area (Å²) < 4.78 is 1.23. The molecule has 0 aliphatic heterocycles. The Balaban J connectivity index is 1.94. The summed E-state index contributed by atoms with van der Waals surface area (Å²) in [6, 6.07) is 8.22. The largest absolute Gasteiger partial charge is 0.363 e. The van der Waals surface area contributed by atoms with E-state index in [0.29, 0.717) is 0 Å². The van der Waals surface area contributed by atoms with E-state index in [1.54, 1.807) is 11.3 Å². The highest BCUT2D eigenvalue weighted by molar-refractivity contribution is 7.80. The maximum Gasteiger partial charge on any atom is 0.169 e. The second-order valence-electron chi connectivity index (χ2n) is 4.52. The molecule has 0 atom stereocenters. The van der Waals surface area contributed by atoms with Crippen LogP contribution >= 0.6 is 23.6 Å². The minimum Gasteiger partial charge on any atom is -0.363 e. The molecule has 0 saturated heterocycles. The molecule has 0 radical (unpaired) electrons. The van der Waals surface area contributed by atoms with Crippen molar-refractivity contribution in [3.63, 3.8) is 0 Å². The van der Waals surface area contributed by atoms with Crippen molar-refractivity contribution in [2.75, 3.05) is 13.6 Å². The summed E-state index contributed by atoms with van der Waals surface area (Å²) in [5, 5.41) is 5.17. The van der Waals surface area contributed by atoms with Gasteiger partial charge in [-0.1, -0.05) is 25.5 Å². The van der Waals surface area contributed by atoms with Crippen molar-refractivity contribution in [2.45, 2.75) is 26.3 Å². The third kappa shape index (κ3) is 3.88. The summed E-state index contributed by atoms with van der Waals surface area (Å²) in [5.74, 6) is 0. The Labute approximate surface area is 123 Å². The zero-order chi connectivity index (χ0) is 13.7. The lowest BCUT2D eigenvalue weighted by Crippen LogP contribution is -2.36. The van der Waals surface area contributed by atoms with Crippen LogP contribution in [-0.4, -0.2) is 28.6 Å². The lowest BCUT2D eigenvalue weighted by atomic mass is 10.3. The van der Waals surface area contributed by atoms with Crippen molar-refractivity contribution in [3.8, 4) is 0 Å². The Kier molecular flexibility index (Phi) is 5.10. The lowest BCUT2D eigenvalue weighted by molar-refractivity contribution is 0.486. The monoisotopic (exact) mass is 293 g/mol. The predicted molar refractivity (Wildman–Crippen MR) is 86.6 cm³/mol. The fourth-order valence-corrected chi connectivity index (χ4v) is 2.96. The molecule has 3 nitrogen and oxygen atoms in total. The number of benzene rings is 1. The van der Waals surface area contributed by atoms with Crippen LogP contribution in [0.5, 0.6) is 0 Å². The normalized spacial score (nSPS) is 10.6. The standard InChI is InChI=1S/C14H19N3S2/c1-3-4-9-15-14(18)17(2)10-13-16-11-7-5-6-8-12(11)19-13/h5-8H,3-4,9-10H2,1-2H3,(H,15,18). The number of thiazole rings is 1. The highest BCUT2D eigenvalue weighted by Gasteiger charge is 2.08. The van der Waals surface area contributed by atoms with Gasteiger partial charge in [-0.15, -0.1) is 11.3 Å². The van der Waals surface area contributed by atoms with Gasteiger partial charge in [-0.3, -0.25) is 0 Å². The molecular formula is C14H19N3S2. The van der Waals surface area contributed by atoms with Crippen molar-refractivity contribution in [2.24, 2.45) is 0 Å². The summed E-state index contributed by atoms with van der Waals surface area (Å²) >= 11 is 7.09. The molecule has 5 heteroatoms. The predicted octanol–water partition coefficient (Wildman–Crippen LogP) is 3.40. The van der Waals surface area contributed by atoms with Crippen molar-refractivity contribution in [1.29, 1.82) is 0 Å². The van der Waals surface area contributed by atoms with E-state index >= 15 is 0 Å². The summed E-state index contributed by atoms with van der Waals surface area (Å²) in [5.41, 5.74) is 1.07. The van der Waals surface area contributed by atoms with E-state index in [2.05, 4.69) is 23.3 Å². The van der Waals surface area contributed by atoms with Crippen LogP contribution in [0.4, 0.5) is 0 Å². The number of rotatable bonds is 5. The van der Waals surface area contributed by atoms with E-state index in [-0.39, 0.29) is 0 Å². The van der Waals surface area contributed by atoms with Crippen LogP contribution in [0.3, 0.4) is 0 Å². The first-order chi connectivity index (χ1) is 9.20.